The summed E-state index contributed by atoms with van der Waals surface area (Å²) in [7, 11) is 0. The lowest BCUT2D eigenvalue weighted by atomic mass is 10.3. The first-order chi connectivity index (χ1) is 9.88. The fraction of sp³-hybridized carbons (Fsp3) is 0.357. The molecule has 0 aliphatic heterocycles. The van der Waals surface area contributed by atoms with Gasteiger partial charge in [-0.1, -0.05) is 18.2 Å². The van der Waals surface area contributed by atoms with Gasteiger partial charge in [0.1, 0.15) is 6.54 Å². The Bertz CT molecular complexity index is 502. The molecule has 0 atom stereocenters. The van der Waals surface area contributed by atoms with Gasteiger partial charge in [-0.15, -0.1) is 0 Å². The Morgan fingerprint density at radius 3 is 2.29 bits per heavy atom. The van der Waals surface area contributed by atoms with Gasteiger partial charge in [0.25, 0.3) is 0 Å². The van der Waals surface area contributed by atoms with Gasteiger partial charge >= 0.3 is 12.0 Å². The highest BCUT2D eigenvalue weighted by molar-refractivity contribution is 5.97. The number of urea groups is 1. The molecule has 1 aromatic carbocycles. The molecule has 1 aromatic rings. The van der Waals surface area contributed by atoms with Crippen molar-refractivity contribution >= 4 is 23.6 Å². The van der Waals surface area contributed by atoms with Crippen molar-refractivity contribution in [3.63, 3.8) is 0 Å². The average molecular weight is 293 g/mol. The predicted octanol–water partition coefficient (Wildman–Crippen LogP) is 0.812. The van der Waals surface area contributed by atoms with E-state index in [-0.39, 0.29) is 19.1 Å². The van der Waals surface area contributed by atoms with Crippen molar-refractivity contribution in [2.24, 2.45) is 0 Å². The summed E-state index contributed by atoms with van der Waals surface area (Å²) in [6, 6.07) is 7.98. The summed E-state index contributed by atoms with van der Waals surface area (Å²) in [5.41, 5.74) is 0.597. The number of para-hydroxylation sites is 1. The van der Waals surface area contributed by atoms with Crippen molar-refractivity contribution in [1.82, 2.24) is 10.6 Å². The van der Waals surface area contributed by atoms with E-state index in [9.17, 15) is 14.4 Å². The molecule has 0 saturated heterocycles. The number of benzene rings is 1. The highest BCUT2D eigenvalue weighted by atomic mass is 16.4. The fourth-order valence-electron chi connectivity index (χ4n) is 1.68. The standard InChI is InChI=1S/C14H19N3O4/c1-10(2)15-14(21)16-12(18)8-17(9-13(19)20)11-6-4-3-5-7-11/h3-7,10H,8-9H2,1-2H3,(H,19,20)(H2,15,16,18,21). The van der Waals surface area contributed by atoms with Crippen molar-refractivity contribution in [3.05, 3.63) is 30.3 Å². The van der Waals surface area contributed by atoms with Crippen LogP contribution in [0.3, 0.4) is 0 Å². The number of rotatable bonds is 6. The minimum atomic E-state index is -1.06. The van der Waals surface area contributed by atoms with Crippen molar-refractivity contribution in [3.8, 4) is 0 Å². The molecule has 0 aliphatic rings. The van der Waals surface area contributed by atoms with Crippen molar-refractivity contribution in [1.29, 1.82) is 0 Å². The molecule has 114 valence electrons. The first kappa shape index (κ1) is 16.5. The summed E-state index contributed by atoms with van der Waals surface area (Å²) in [6.45, 7) is 2.99. The van der Waals surface area contributed by atoms with E-state index in [1.54, 1.807) is 44.2 Å². The molecule has 0 heterocycles. The fourth-order valence-corrected chi connectivity index (χ4v) is 1.68. The lowest BCUT2D eigenvalue weighted by molar-refractivity contribution is -0.135. The molecule has 0 spiro atoms. The number of carbonyl (C=O) groups is 3. The summed E-state index contributed by atoms with van der Waals surface area (Å²) in [5.74, 6) is -1.63. The largest absolute Gasteiger partial charge is 0.480 e. The highest BCUT2D eigenvalue weighted by Gasteiger charge is 2.16. The lowest BCUT2D eigenvalue weighted by Crippen LogP contribution is -2.47. The highest BCUT2D eigenvalue weighted by Crippen LogP contribution is 2.12. The Kier molecular flexibility index (Phi) is 6.19. The number of nitrogens with zero attached hydrogens (tertiary/aromatic N) is 1. The number of hydrogen-bond donors (Lipinski definition) is 3. The molecule has 7 heteroatoms. The zero-order valence-corrected chi connectivity index (χ0v) is 12.0. The van der Waals surface area contributed by atoms with Crippen LogP contribution in [0.1, 0.15) is 13.8 Å². The van der Waals surface area contributed by atoms with Crippen LogP contribution in [0.25, 0.3) is 0 Å². The number of carboxylic acids is 1. The minimum absolute atomic E-state index is 0.0953. The molecule has 0 aliphatic carbocycles. The summed E-state index contributed by atoms with van der Waals surface area (Å²) in [4.78, 5) is 35.5. The van der Waals surface area contributed by atoms with Crippen LogP contribution in [0.2, 0.25) is 0 Å². The Labute approximate surface area is 122 Å². The van der Waals surface area contributed by atoms with E-state index in [1.807, 2.05) is 0 Å². The smallest absolute Gasteiger partial charge is 0.323 e. The average Bonchev–Trinajstić information content (AvgIpc) is 2.37. The molecule has 0 aromatic heterocycles. The second-order valence-electron chi connectivity index (χ2n) is 4.76. The van der Waals surface area contributed by atoms with Crippen molar-refractivity contribution < 1.29 is 19.5 Å². The first-order valence-corrected chi connectivity index (χ1v) is 6.50. The van der Waals surface area contributed by atoms with Gasteiger partial charge in [-0.2, -0.15) is 0 Å². The normalized spacial score (nSPS) is 10.0. The molecule has 1 rings (SSSR count). The van der Waals surface area contributed by atoms with Gasteiger partial charge in [-0.3, -0.25) is 14.9 Å². The lowest BCUT2D eigenvalue weighted by Gasteiger charge is -2.22. The molecule has 0 radical (unpaired) electrons. The molecule has 0 bridgehead atoms. The van der Waals surface area contributed by atoms with Crippen LogP contribution in [0.5, 0.6) is 0 Å². The van der Waals surface area contributed by atoms with Gasteiger partial charge in [-0.25, -0.2) is 4.79 Å². The third-order valence-electron chi connectivity index (χ3n) is 2.45. The first-order valence-electron chi connectivity index (χ1n) is 6.50. The third-order valence-corrected chi connectivity index (χ3v) is 2.45. The second-order valence-corrected chi connectivity index (χ2v) is 4.76. The van der Waals surface area contributed by atoms with Gasteiger partial charge in [0, 0.05) is 11.7 Å². The van der Waals surface area contributed by atoms with Crippen LogP contribution in [0, 0.1) is 0 Å². The molecule has 0 saturated carbocycles. The van der Waals surface area contributed by atoms with Crippen LogP contribution in [0.4, 0.5) is 10.5 Å². The zero-order valence-electron chi connectivity index (χ0n) is 12.0. The molecule has 0 unspecified atom stereocenters. The maximum absolute atomic E-state index is 11.8. The summed E-state index contributed by atoms with van der Waals surface area (Å²) < 4.78 is 0. The Balaban J connectivity index is 2.67. The van der Waals surface area contributed by atoms with E-state index in [1.165, 1.54) is 4.90 Å². The van der Waals surface area contributed by atoms with E-state index in [0.29, 0.717) is 5.69 Å². The van der Waals surface area contributed by atoms with Gasteiger partial charge < -0.3 is 15.3 Å². The van der Waals surface area contributed by atoms with E-state index in [0.717, 1.165) is 0 Å². The molecular weight excluding hydrogens is 274 g/mol. The molecule has 3 N–H and O–H groups in total. The quantitative estimate of drug-likeness (QED) is 0.721. The molecule has 0 fully saturated rings. The molecule has 3 amide bonds. The van der Waals surface area contributed by atoms with Gasteiger partial charge in [-0.05, 0) is 26.0 Å². The summed E-state index contributed by atoms with van der Waals surface area (Å²) >= 11 is 0. The number of imide groups is 1. The predicted molar refractivity (Wildman–Crippen MR) is 78.1 cm³/mol. The number of anilines is 1. The second kappa shape index (κ2) is 7.88. The van der Waals surface area contributed by atoms with E-state index in [4.69, 9.17) is 5.11 Å². The maximum atomic E-state index is 11.8. The SMILES string of the molecule is CC(C)NC(=O)NC(=O)CN(CC(=O)O)c1ccccc1. The Hall–Kier alpha value is -2.57. The number of nitrogens with one attached hydrogen (secondary N) is 2. The molecule has 21 heavy (non-hydrogen) atoms. The van der Waals surface area contributed by atoms with E-state index < -0.39 is 17.9 Å². The number of carbonyl (C=O) groups excluding carboxylic acids is 2. The number of hydrogen-bond acceptors (Lipinski definition) is 4. The van der Waals surface area contributed by atoms with Gasteiger partial charge in [0.2, 0.25) is 5.91 Å². The van der Waals surface area contributed by atoms with Crippen molar-refractivity contribution in [2.75, 3.05) is 18.0 Å². The zero-order chi connectivity index (χ0) is 15.8. The summed E-state index contributed by atoms with van der Waals surface area (Å²) in [5, 5.41) is 13.6. The van der Waals surface area contributed by atoms with E-state index >= 15 is 0 Å². The topological polar surface area (TPSA) is 98.7 Å². The van der Waals surface area contributed by atoms with Gasteiger partial charge in [0.15, 0.2) is 0 Å². The molecular formula is C14H19N3O4. The minimum Gasteiger partial charge on any atom is -0.480 e. The van der Waals surface area contributed by atoms with Crippen LogP contribution in [-0.2, 0) is 9.59 Å². The molecule has 7 nitrogen and oxygen atoms in total. The number of aliphatic carboxylic acids is 1. The number of amides is 3. The van der Waals surface area contributed by atoms with Crippen molar-refractivity contribution in [2.45, 2.75) is 19.9 Å². The van der Waals surface area contributed by atoms with Crippen LogP contribution >= 0.6 is 0 Å². The third kappa shape index (κ3) is 6.42. The summed E-state index contributed by atoms with van der Waals surface area (Å²) in [6.07, 6.45) is 0. The van der Waals surface area contributed by atoms with E-state index in [2.05, 4.69) is 10.6 Å². The Morgan fingerprint density at radius 1 is 1.14 bits per heavy atom. The maximum Gasteiger partial charge on any atom is 0.323 e. The monoisotopic (exact) mass is 293 g/mol. The van der Waals surface area contributed by atoms with Crippen LogP contribution < -0.4 is 15.5 Å². The van der Waals surface area contributed by atoms with Gasteiger partial charge in [0.05, 0.1) is 6.54 Å². The Morgan fingerprint density at radius 2 is 1.76 bits per heavy atom. The van der Waals surface area contributed by atoms with Crippen LogP contribution in [-0.4, -0.2) is 42.1 Å². The number of carboxylic acid groups (broad SMARTS) is 1. The van der Waals surface area contributed by atoms with Crippen LogP contribution in [0.15, 0.2) is 30.3 Å².